The summed E-state index contributed by atoms with van der Waals surface area (Å²) in [5.41, 5.74) is 0.511. The molecule has 0 amide bonds. The van der Waals surface area contributed by atoms with Gasteiger partial charge in [0, 0.05) is 19.7 Å². The van der Waals surface area contributed by atoms with E-state index in [0.29, 0.717) is 24.6 Å². The number of nitrogens with zero attached hydrogens (tertiary/aromatic N) is 2. The average molecular weight is 255 g/mol. The molecule has 0 atom stereocenters. The minimum Gasteiger partial charge on any atom is -0.493 e. The predicted molar refractivity (Wildman–Crippen MR) is 68.2 cm³/mol. The molecular formula is C12H21N3O3. The summed E-state index contributed by atoms with van der Waals surface area (Å²) in [6, 6.07) is 0.117. The molecule has 0 saturated heterocycles. The molecule has 1 N–H and O–H groups in total. The van der Waals surface area contributed by atoms with Crippen LogP contribution in [0, 0.1) is 0 Å². The first-order chi connectivity index (χ1) is 8.61. The van der Waals surface area contributed by atoms with E-state index in [1.807, 2.05) is 13.8 Å². The van der Waals surface area contributed by atoms with Gasteiger partial charge in [-0.15, -0.1) is 0 Å². The van der Waals surface area contributed by atoms with Gasteiger partial charge in [0.15, 0.2) is 11.5 Å². The summed E-state index contributed by atoms with van der Waals surface area (Å²) in [5.74, 6) is 0.483. The second-order valence-corrected chi connectivity index (χ2v) is 4.19. The Morgan fingerprint density at radius 3 is 2.78 bits per heavy atom. The maximum atomic E-state index is 12.1. The van der Waals surface area contributed by atoms with E-state index in [1.54, 1.807) is 18.0 Å². The number of methoxy groups -OCH3 is 2. The lowest BCUT2D eigenvalue weighted by atomic mass is 10.2. The minimum absolute atomic E-state index is 0.0332. The number of aromatic nitrogens is 2. The van der Waals surface area contributed by atoms with Crippen LogP contribution in [0.2, 0.25) is 0 Å². The first-order valence-electron chi connectivity index (χ1n) is 5.96. The van der Waals surface area contributed by atoms with Crippen LogP contribution in [-0.4, -0.2) is 49.5 Å². The fraction of sp³-hybridized carbons (Fsp3) is 0.667. The first kappa shape index (κ1) is 14.7. The highest BCUT2D eigenvalue weighted by molar-refractivity contribution is 5.98. The number of Topliss-reactive ketones (excluding diaryl/α,β-unsaturated/α-hetero) is 1. The number of rotatable bonds is 8. The van der Waals surface area contributed by atoms with E-state index in [9.17, 15) is 4.79 Å². The van der Waals surface area contributed by atoms with E-state index < -0.39 is 0 Å². The van der Waals surface area contributed by atoms with E-state index in [4.69, 9.17) is 9.47 Å². The second kappa shape index (κ2) is 7.13. The molecule has 0 aromatic carbocycles. The molecule has 0 fully saturated rings. The molecule has 1 aromatic rings. The van der Waals surface area contributed by atoms with Crippen LogP contribution in [0.1, 0.15) is 30.4 Å². The fourth-order valence-corrected chi connectivity index (χ4v) is 1.61. The van der Waals surface area contributed by atoms with E-state index in [0.717, 1.165) is 0 Å². The van der Waals surface area contributed by atoms with Crippen LogP contribution in [0.3, 0.4) is 0 Å². The molecular weight excluding hydrogens is 234 g/mol. The Morgan fingerprint density at radius 1 is 1.50 bits per heavy atom. The normalized spacial score (nSPS) is 10.9. The Hall–Kier alpha value is -1.40. The lowest BCUT2D eigenvalue weighted by Crippen LogP contribution is -2.28. The van der Waals surface area contributed by atoms with Crippen LogP contribution in [0.25, 0.3) is 0 Å². The standard InChI is InChI=1S/C12H21N3O3/c1-9(2)15-12(11(18-4)8-14-15)10(16)7-13-5-6-17-3/h8-9,13H,5-7H2,1-4H3. The molecule has 0 aliphatic heterocycles. The van der Waals surface area contributed by atoms with E-state index in [1.165, 1.54) is 7.11 Å². The van der Waals surface area contributed by atoms with Crippen LogP contribution in [0.5, 0.6) is 5.75 Å². The zero-order valence-corrected chi connectivity index (χ0v) is 11.4. The number of ketones is 1. The zero-order chi connectivity index (χ0) is 13.5. The van der Waals surface area contributed by atoms with Crippen molar-refractivity contribution in [1.29, 1.82) is 0 Å². The molecule has 1 rings (SSSR count). The molecule has 6 heteroatoms. The molecule has 0 spiro atoms. The Morgan fingerprint density at radius 2 is 2.22 bits per heavy atom. The Labute approximate surface area is 107 Å². The summed E-state index contributed by atoms with van der Waals surface area (Å²) < 4.78 is 11.8. The Bertz CT molecular complexity index is 388. The maximum absolute atomic E-state index is 12.1. The largest absolute Gasteiger partial charge is 0.493 e. The molecule has 0 unspecified atom stereocenters. The third kappa shape index (κ3) is 3.54. The topological polar surface area (TPSA) is 65.4 Å². The van der Waals surface area contributed by atoms with Gasteiger partial charge in [0.1, 0.15) is 5.69 Å². The molecule has 0 saturated carbocycles. The highest BCUT2D eigenvalue weighted by Crippen LogP contribution is 2.21. The van der Waals surface area contributed by atoms with Crippen molar-refractivity contribution in [3.63, 3.8) is 0 Å². The van der Waals surface area contributed by atoms with Crippen molar-refractivity contribution in [2.45, 2.75) is 19.9 Å². The van der Waals surface area contributed by atoms with Crippen molar-refractivity contribution >= 4 is 5.78 Å². The number of nitrogens with one attached hydrogen (secondary N) is 1. The summed E-state index contributed by atoms with van der Waals surface area (Å²) >= 11 is 0. The van der Waals surface area contributed by atoms with Crippen molar-refractivity contribution in [3.05, 3.63) is 11.9 Å². The molecule has 0 aliphatic rings. The van der Waals surface area contributed by atoms with Crippen LogP contribution >= 0.6 is 0 Å². The molecule has 6 nitrogen and oxygen atoms in total. The van der Waals surface area contributed by atoms with Crippen molar-refractivity contribution < 1.29 is 14.3 Å². The molecule has 0 radical (unpaired) electrons. The van der Waals surface area contributed by atoms with E-state index in [-0.39, 0.29) is 18.4 Å². The van der Waals surface area contributed by atoms with Gasteiger partial charge in [-0.1, -0.05) is 0 Å². The van der Waals surface area contributed by atoms with Gasteiger partial charge in [0.05, 0.1) is 26.5 Å². The van der Waals surface area contributed by atoms with E-state index >= 15 is 0 Å². The summed E-state index contributed by atoms with van der Waals surface area (Å²) in [7, 11) is 3.16. The van der Waals surface area contributed by atoms with Gasteiger partial charge >= 0.3 is 0 Å². The van der Waals surface area contributed by atoms with Gasteiger partial charge in [-0.2, -0.15) is 5.10 Å². The smallest absolute Gasteiger partial charge is 0.198 e. The first-order valence-corrected chi connectivity index (χ1v) is 5.96. The van der Waals surface area contributed by atoms with Crippen LogP contribution in [-0.2, 0) is 4.74 Å². The summed E-state index contributed by atoms with van der Waals surface area (Å²) in [6.45, 7) is 5.41. The van der Waals surface area contributed by atoms with Crippen molar-refractivity contribution in [2.75, 3.05) is 33.9 Å². The highest BCUT2D eigenvalue weighted by Gasteiger charge is 2.20. The second-order valence-electron chi connectivity index (χ2n) is 4.19. The molecule has 1 aromatic heterocycles. The van der Waals surface area contributed by atoms with Gasteiger partial charge in [-0.05, 0) is 13.8 Å². The zero-order valence-electron chi connectivity index (χ0n) is 11.4. The number of carbonyl (C=O) groups excluding carboxylic acids is 1. The SMILES string of the molecule is COCCNCC(=O)c1c(OC)cnn1C(C)C. The highest BCUT2D eigenvalue weighted by atomic mass is 16.5. The lowest BCUT2D eigenvalue weighted by molar-refractivity contribution is 0.0972. The van der Waals surface area contributed by atoms with Gasteiger partial charge in [-0.3, -0.25) is 9.48 Å². The molecule has 0 bridgehead atoms. The summed E-state index contributed by atoms with van der Waals surface area (Å²) in [5, 5.41) is 7.19. The van der Waals surface area contributed by atoms with Crippen molar-refractivity contribution in [2.24, 2.45) is 0 Å². The lowest BCUT2D eigenvalue weighted by Gasteiger charge is -2.11. The number of hydrogen-bond acceptors (Lipinski definition) is 5. The van der Waals surface area contributed by atoms with Crippen LogP contribution in [0.15, 0.2) is 6.20 Å². The fourth-order valence-electron chi connectivity index (χ4n) is 1.61. The maximum Gasteiger partial charge on any atom is 0.198 e. The summed E-state index contributed by atoms with van der Waals surface area (Å²) in [6.07, 6.45) is 1.57. The monoisotopic (exact) mass is 255 g/mol. The number of ether oxygens (including phenoxy) is 2. The van der Waals surface area contributed by atoms with Crippen LogP contribution < -0.4 is 10.1 Å². The molecule has 102 valence electrons. The summed E-state index contributed by atoms with van der Waals surface area (Å²) in [4.78, 5) is 12.1. The van der Waals surface area contributed by atoms with Crippen LogP contribution in [0.4, 0.5) is 0 Å². The molecule has 18 heavy (non-hydrogen) atoms. The molecule has 1 heterocycles. The third-order valence-electron chi connectivity index (χ3n) is 2.50. The minimum atomic E-state index is -0.0332. The van der Waals surface area contributed by atoms with Gasteiger partial charge in [-0.25, -0.2) is 0 Å². The van der Waals surface area contributed by atoms with Crippen molar-refractivity contribution in [3.8, 4) is 5.75 Å². The predicted octanol–water partition coefficient (Wildman–Crippen LogP) is 0.891. The quantitative estimate of drug-likeness (QED) is 0.552. The number of carbonyl (C=O) groups is 1. The molecule has 0 aliphatic carbocycles. The average Bonchev–Trinajstić information content (AvgIpc) is 2.78. The van der Waals surface area contributed by atoms with Gasteiger partial charge < -0.3 is 14.8 Å². The number of hydrogen-bond donors (Lipinski definition) is 1. The third-order valence-corrected chi connectivity index (χ3v) is 2.50. The van der Waals surface area contributed by atoms with Crippen molar-refractivity contribution in [1.82, 2.24) is 15.1 Å². The Kier molecular flexibility index (Phi) is 5.80. The van der Waals surface area contributed by atoms with Gasteiger partial charge in [0.2, 0.25) is 0 Å². The Balaban J connectivity index is 2.73. The van der Waals surface area contributed by atoms with Gasteiger partial charge in [0.25, 0.3) is 0 Å². The van der Waals surface area contributed by atoms with E-state index in [2.05, 4.69) is 10.4 Å².